The molecule has 0 spiro atoms. The van der Waals surface area contributed by atoms with Crippen LogP contribution in [-0.2, 0) is 9.53 Å². The maximum absolute atomic E-state index is 12.4. The van der Waals surface area contributed by atoms with Gasteiger partial charge in [0.15, 0.2) is 0 Å². The number of carbonyl (C=O) groups is 2. The molecule has 0 aliphatic carbocycles. The summed E-state index contributed by atoms with van der Waals surface area (Å²) in [6.07, 6.45) is 1.39. The average molecular weight is 281 g/mol. The van der Waals surface area contributed by atoms with Gasteiger partial charge in [-0.15, -0.1) is 11.3 Å². The summed E-state index contributed by atoms with van der Waals surface area (Å²) in [7, 11) is 1.41. The third-order valence-corrected chi connectivity index (χ3v) is 4.55. The van der Waals surface area contributed by atoms with E-state index in [-0.39, 0.29) is 17.8 Å². The normalized spacial score (nSPS) is 16.5. The lowest BCUT2D eigenvalue weighted by Gasteiger charge is -2.30. The topological polar surface area (TPSA) is 46.6 Å². The Balaban J connectivity index is 2.00. The van der Waals surface area contributed by atoms with E-state index in [1.54, 1.807) is 11.3 Å². The number of carbonyl (C=O) groups excluding carboxylic acids is 2. The Bertz CT molecular complexity index is 487. The first-order valence-electron chi connectivity index (χ1n) is 6.47. The molecule has 104 valence electrons. The highest BCUT2D eigenvalue weighted by molar-refractivity contribution is 7.12. The van der Waals surface area contributed by atoms with Gasteiger partial charge in [0.25, 0.3) is 5.91 Å². The van der Waals surface area contributed by atoms with E-state index in [0.29, 0.717) is 25.9 Å². The number of methoxy groups -OCH3 is 1. The second-order valence-electron chi connectivity index (χ2n) is 4.92. The molecule has 2 rings (SSSR count). The van der Waals surface area contributed by atoms with Crippen molar-refractivity contribution >= 4 is 23.2 Å². The molecular weight excluding hydrogens is 262 g/mol. The molecule has 1 saturated heterocycles. The molecule has 1 aliphatic heterocycles. The van der Waals surface area contributed by atoms with E-state index < -0.39 is 0 Å². The molecule has 4 nitrogen and oxygen atoms in total. The van der Waals surface area contributed by atoms with E-state index in [1.807, 2.05) is 24.8 Å². The van der Waals surface area contributed by atoms with Crippen molar-refractivity contribution in [2.45, 2.75) is 26.7 Å². The molecule has 0 N–H and O–H groups in total. The maximum atomic E-state index is 12.4. The summed E-state index contributed by atoms with van der Waals surface area (Å²) in [5.41, 5.74) is 0.805. The van der Waals surface area contributed by atoms with Crippen molar-refractivity contribution in [3.63, 3.8) is 0 Å². The first-order valence-corrected chi connectivity index (χ1v) is 7.28. The molecule has 1 fully saturated rings. The quantitative estimate of drug-likeness (QED) is 0.782. The van der Waals surface area contributed by atoms with Crippen molar-refractivity contribution in [3.05, 3.63) is 21.4 Å². The van der Waals surface area contributed by atoms with Crippen molar-refractivity contribution in [3.8, 4) is 0 Å². The van der Waals surface area contributed by atoms with Crippen molar-refractivity contribution in [2.75, 3.05) is 20.2 Å². The van der Waals surface area contributed by atoms with Gasteiger partial charge >= 0.3 is 5.97 Å². The number of amides is 1. The summed E-state index contributed by atoms with van der Waals surface area (Å²) >= 11 is 1.65. The highest BCUT2D eigenvalue weighted by atomic mass is 32.1. The van der Waals surface area contributed by atoms with Crippen LogP contribution in [0.15, 0.2) is 6.07 Å². The number of rotatable bonds is 2. The second kappa shape index (κ2) is 5.74. The van der Waals surface area contributed by atoms with Gasteiger partial charge in [-0.1, -0.05) is 0 Å². The average Bonchev–Trinajstić information content (AvgIpc) is 2.76. The largest absolute Gasteiger partial charge is 0.469 e. The minimum absolute atomic E-state index is 0.0562. The van der Waals surface area contributed by atoms with Gasteiger partial charge in [0.1, 0.15) is 0 Å². The zero-order chi connectivity index (χ0) is 14.0. The van der Waals surface area contributed by atoms with Crippen LogP contribution >= 0.6 is 11.3 Å². The summed E-state index contributed by atoms with van der Waals surface area (Å²) in [6, 6.07) is 1.95. The van der Waals surface area contributed by atoms with Gasteiger partial charge in [-0.25, -0.2) is 0 Å². The summed E-state index contributed by atoms with van der Waals surface area (Å²) in [4.78, 5) is 27.9. The van der Waals surface area contributed by atoms with E-state index in [9.17, 15) is 9.59 Å². The molecule has 1 aliphatic rings. The van der Waals surface area contributed by atoms with Crippen molar-refractivity contribution in [2.24, 2.45) is 5.92 Å². The molecule has 0 saturated carbocycles. The number of ether oxygens (including phenoxy) is 1. The van der Waals surface area contributed by atoms with E-state index >= 15 is 0 Å². The van der Waals surface area contributed by atoms with Crippen molar-refractivity contribution in [1.82, 2.24) is 4.90 Å². The molecule has 5 heteroatoms. The van der Waals surface area contributed by atoms with Gasteiger partial charge in [-0.2, -0.15) is 0 Å². The maximum Gasteiger partial charge on any atom is 0.308 e. The number of likely N-dealkylation sites (tertiary alicyclic amines) is 1. The molecule has 1 aromatic rings. The van der Waals surface area contributed by atoms with Crippen LogP contribution in [-0.4, -0.2) is 37.0 Å². The van der Waals surface area contributed by atoms with E-state index in [4.69, 9.17) is 4.74 Å². The SMILES string of the molecule is COC(=O)C1CCN(C(=O)c2cc(C)sc2C)CC1. The van der Waals surface area contributed by atoms with Crippen molar-refractivity contribution < 1.29 is 14.3 Å². The van der Waals surface area contributed by atoms with Crippen LogP contribution in [0.5, 0.6) is 0 Å². The lowest BCUT2D eigenvalue weighted by atomic mass is 9.96. The number of nitrogens with zero attached hydrogens (tertiary/aromatic N) is 1. The fourth-order valence-corrected chi connectivity index (χ4v) is 3.41. The number of hydrogen-bond donors (Lipinski definition) is 0. The molecule has 0 atom stereocenters. The van der Waals surface area contributed by atoms with Crippen LogP contribution in [0.3, 0.4) is 0 Å². The standard InChI is InChI=1S/C14H19NO3S/c1-9-8-12(10(2)19-9)13(16)15-6-4-11(5-7-15)14(17)18-3/h8,11H,4-7H2,1-3H3. The van der Waals surface area contributed by atoms with E-state index in [2.05, 4.69) is 0 Å². The Labute approximate surface area is 117 Å². The van der Waals surface area contributed by atoms with Gasteiger partial charge < -0.3 is 9.64 Å². The smallest absolute Gasteiger partial charge is 0.308 e. The second-order valence-corrected chi connectivity index (χ2v) is 6.38. The predicted molar refractivity (Wildman–Crippen MR) is 74.4 cm³/mol. The Morgan fingerprint density at radius 1 is 1.32 bits per heavy atom. The Kier molecular flexibility index (Phi) is 4.24. The van der Waals surface area contributed by atoms with Gasteiger partial charge in [-0.05, 0) is 32.8 Å². The van der Waals surface area contributed by atoms with Crippen LogP contribution in [0.25, 0.3) is 0 Å². The highest BCUT2D eigenvalue weighted by Gasteiger charge is 2.29. The third kappa shape index (κ3) is 2.97. The zero-order valence-corrected chi connectivity index (χ0v) is 12.4. The Morgan fingerprint density at radius 3 is 2.42 bits per heavy atom. The minimum atomic E-state index is -0.158. The molecule has 1 amide bonds. The number of esters is 1. The Morgan fingerprint density at radius 2 is 1.95 bits per heavy atom. The third-order valence-electron chi connectivity index (χ3n) is 3.59. The van der Waals surface area contributed by atoms with Crippen LogP contribution in [0.2, 0.25) is 0 Å². The summed E-state index contributed by atoms with van der Waals surface area (Å²) in [5.74, 6) is -0.126. The molecule has 2 heterocycles. The number of aryl methyl sites for hydroxylation is 2. The fourth-order valence-electron chi connectivity index (χ4n) is 2.50. The molecular formula is C14H19NO3S. The summed E-state index contributed by atoms with van der Waals surface area (Å²) in [5, 5.41) is 0. The fraction of sp³-hybridized carbons (Fsp3) is 0.571. The van der Waals surface area contributed by atoms with E-state index in [1.165, 1.54) is 7.11 Å². The summed E-state index contributed by atoms with van der Waals surface area (Å²) in [6.45, 7) is 5.25. The molecule has 0 bridgehead atoms. The molecule has 0 radical (unpaired) electrons. The van der Waals surface area contributed by atoms with Crippen LogP contribution in [0.4, 0.5) is 0 Å². The van der Waals surface area contributed by atoms with Gasteiger partial charge in [0.2, 0.25) is 0 Å². The minimum Gasteiger partial charge on any atom is -0.469 e. The van der Waals surface area contributed by atoms with Crippen LogP contribution in [0.1, 0.15) is 33.0 Å². The van der Waals surface area contributed by atoms with Gasteiger partial charge in [-0.3, -0.25) is 9.59 Å². The molecule has 1 aromatic heterocycles. The Hall–Kier alpha value is -1.36. The first kappa shape index (κ1) is 14.1. The predicted octanol–water partition coefficient (Wildman–Crippen LogP) is 2.39. The number of hydrogen-bond acceptors (Lipinski definition) is 4. The van der Waals surface area contributed by atoms with E-state index in [0.717, 1.165) is 15.3 Å². The number of thiophene rings is 1. The van der Waals surface area contributed by atoms with Crippen molar-refractivity contribution in [1.29, 1.82) is 0 Å². The summed E-state index contributed by atoms with van der Waals surface area (Å²) < 4.78 is 4.75. The number of piperidine rings is 1. The molecule has 0 unspecified atom stereocenters. The monoisotopic (exact) mass is 281 g/mol. The van der Waals surface area contributed by atoms with Crippen LogP contribution < -0.4 is 0 Å². The molecule has 0 aromatic carbocycles. The molecule has 19 heavy (non-hydrogen) atoms. The highest BCUT2D eigenvalue weighted by Crippen LogP contribution is 2.25. The van der Waals surface area contributed by atoms with Crippen LogP contribution in [0, 0.1) is 19.8 Å². The first-order chi connectivity index (χ1) is 9.02. The van der Waals surface area contributed by atoms with Gasteiger partial charge in [0, 0.05) is 22.8 Å². The van der Waals surface area contributed by atoms with Gasteiger partial charge in [0.05, 0.1) is 18.6 Å². The lowest BCUT2D eigenvalue weighted by Crippen LogP contribution is -2.40. The lowest BCUT2D eigenvalue weighted by molar-refractivity contribution is -0.146. The zero-order valence-electron chi connectivity index (χ0n) is 11.6.